The van der Waals surface area contributed by atoms with Crippen molar-refractivity contribution in [3.8, 4) is 17.2 Å². The Hall–Kier alpha value is -4.70. The molecule has 0 saturated heterocycles. The molecule has 4 aromatic rings. The lowest BCUT2D eigenvalue weighted by molar-refractivity contribution is -0.253. The van der Waals surface area contributed by atoms with E-state index in [1.54, 1.807) is 36.4 Å². The van der Waals surface area contributed by atoms with Crippen molar-refractivity contribution in [2.75, 3.05) is 0 Å². The van der Waals surface area contributed by atoms with Gasteiger partial charge in [-0.15, -0.1) is 0 Å². The van der Waals surface area contributed by atoms with Gasteiger partial charge in [-0.05, 0) is 71.1 Å². The predicted octanol–water partition coefficient (Wildman–Crippen LogP) is 5.40. The molecule has 9 nitrogen and oxygen atoms in total. The van der Waals surface area contributed by atoms with E-state index in [2.05, 4.69) is 4.89 Å². The van der Waals surface area contributed by atoms with Gasteiger partial charge in [0.2, 0.25) is 0 Å². The van der Waals surface area contributed by atoms with Crippen LogP contribution in [0.2, 0.25) is 0 Å². The number of carbonyl (C=O) groups excluding carboxylic acids is 1. The lowest BCUT2D eigenvalue weighted by atomic mass is 10.0. The molecule has 194 valence electrons. The van der Waals surface area contributed by atoms with Crippen LogP contribution < -0.4 is 9.62 Å². The fraction of sp³-hybridized carbons (Fsp3) is 0.103. The van der Waals surface area contributed by atoms with Gasteiger partial charge in [0.1, 0.15) is 24.7 Å². The van der Waals surface area contributed by atoms with Gasteiger partial charge in [-0.1, -0.05) is 48.5 Å². The van der Waals surface area contributed by atoms with Crippen LogP contribution in [-0.2, 0) is 29.4 Å². The topological polar surface area (TPSA) is 132 Å². The normalized spacial score (nSPS) is 10.7. The van der Waals surface area contributed by atoms with Crippen LogP contribution in [0.5, 0.6) is 17.2 Å². The first kappa shape index (κ1) is 26.4. The van der Waals surface area contributed by atoms with E-state index in [0.29, 0.717) is 12.2 Å². The molecule has 4 rings (SSSR count). The van der Waals surface area contributed by atoms with E-state index in [1.165, 1.54) is 12.1 Å². The van der Waals surface area contributed by atoms with Crippen LogP contribution in [0.15, 0.2) is 91.0 Å². The molecule has 0 spiro atoms. The summed E-state index contributed by atoms with van der Waals surface area (Å²) in [5, 5.41) is 27.5. The average Bonchev–Trinajstić information content (AvgIpc) is 2.92. The van der Waals surface area contributed by atoms with Gasteiger partial charge in [0, 0.05) is 0 Å². The maximum Gasteiger partial charge on any atom is 0.344 e. The summed E-state index contributed by atoms with van der Waals surface area (Å²) < 4.78 is 5.31. The van der Waals surface area contributed by atoms with Crippen LogP contribution >= 0.6 is 0 Å². The molecular formula is C29H24O9. The summed E-state index contributed by atoms with van der Waals surface area (Å²) in [7, 11) is 0. The summed E-state index contributed by atoms with van der Waals surface area (Å²) in [4.78, 5) is 38.7. The molecule has 0 radical (unpaired) electrons. The first-order chi connectivity index (χ1) is 18.4. The van der Waals surface area contributed by atoms with Crippen LogP contribution in [0, 0.1) is 0 Å². The van der Waals surface area contributed by atoms with Crippen molar-refractivity contribution >= 4 is 11.9 Å². The van der Waals surface area contributed by atoms with E-state index in [0.717, 1.165) is 28.3 Å². The highest BCUT2D eigenvalue weighted by Gasteiger charge is 2.19. The van der Waals surface area contributed by atoms with Crippen molar-refractivity contribution in [1.82, 2.24) is 0 Å². The predicted molar refractivity (Wildman–Crippen MR) is 135 cm³/mol. The Bertz CT molecular complexity index is 1400. The van der Waals surface area contributed by atoms with Crippen molar-refractivity contribution in [2.45, 2.75) is 19.6 Å². The third-order valence-electron chi connectivity index (χ3n) is 5.63. The molecule has 0 amide bonds. The number of hydrogen-bond acceptors (Lipinski definition) is 8. The SMILES string of the molecule is O=C(O)c1cc(O)ccc1C(=O)Oc1ccc(Cc2ccc(OOCc3ccccc3COO)cc2)cc1. The van der Waals surface area contributed by atoms with Crippen LogP contribution in [0.4, 0.5) is 0 Å². The van der Waals surface area contributed by atoms with Gasteiger partial charge in [0.25, 0.3) is 0 Å². The average molecular weight is 517 g/mol. The standard InChI is InChI=1S/C29H24O9/c30-23-9-14-26(27(16-23)28(31)32)29(33)37-24-10-5-19(6-11-24)15-20-7-12-25(13-8-20)38-36-18-22-4-2-1-3-21(22)17-35-34/h1-14,16,30,34H,15,17-18H2,(H,31,32). The van der Waals surface area contributed by atoms with Crippen LogP contribution in [0.25, 0.3) is 0 Å². The summed E-state index contributed by atoms with van der Waals surface area (Å²) >= 11 is 0. The second-order valence-corrected chi connectivity index (χ2v) is 8.28. The number of esters is 1. The Morgan fingerprint density at radius 2 is 1.32 bits per heavy atom. The molecule has 0 aliphatic heterocycles. The minimum atomic E-state index is -1.34. The van der Waals surface area contributed by atoms with E-state index < -0.39 is 11.9 Å². The molecule has 0 atom stereocenters. The molecule has 4 aromatic carbocycles. The smallest absolute Gasteiger partial charge is 0.344 e. The number of hydrogen-bond donors (Lipinski definition) is 3. The lowest BCUT2D eigenvalue weighted by Crippen LogP contribution is -2.14. The van der Waals surface area contributed by atoms with Crippen molar-refractivity contribution in [1.29, 1.82) is 0 Å². The van der Waals surface area contributed by atoms with Crippen LogP contribution in [0.1, 0.15) is 43.0 Å². The number of carbonyl (C=O) groups is 2. The largest absolute Gasteiger partial charge is 0.508 e. The van der Waals surface area contributed by atoms with Crippen molar-refractivity contribution in [2.24, 2.45) is 0 Å². The molecule has 38 heavy (non-hydrogen) atoms. The zero-order chi connectivity index (χ0) is 26.9. The Labute approximate surface area is 217 Å². The van der Waals surface area contributed by atoms with Crippen LogP contribution in [-0.4, -0.2) is 27.4 Å². The van der Waals surface area contributed by atoms with Gasteiger partial charge >= 0.3 is 11.9 Å². The molecule has 0 aliphatic carbocycles. The second-order valence-electron chi connectivity index (χ2n) is 8.28. The van der Waals surface area contributed by atoms with E-state index in [-0.39, 0.29) is 35.8 Å². The molecule has 0 aromatic heterocycles. The quantitative estimate of drug-likeness (QED) is 0.104. The monoisotopic (exact) mass is 516 g/mol. The third-order valence-corrected chi connectivity index (χ3v) is 5.63. The Balaban J connectivity index is 1.30. The Kier molecular flexibility index (Phi) is 8.68. The number of phenolic OH excluding ortho intramolecular Hbond substituents is 1. The van der Waals surface area contributed by atoms with E-state index in [1.807, 2.05) is 36.4 Å². The maximum absolute atomic E-state index is 12.5. The molecule has 0 unspecified atom stereocenters. The minimum Gasteiger partial charge on any atom is -0.508 e. The molecular weight excluding hydrogens is 492 g/mol. The number of carboxylic acids is 1. The zero-order valence-corrected chi connectivity index (χ0v) is 20.1. The second kappa shape index (κ2) is 12.5. The number of ether oxygens (including phenoxy) is 1. The summed E-state index contributed by atoms with van der Waals surface area (Å²) in [6, 6.07) is 25.0. The summed E-state index contributed by atoms with van der Waals surface area (Å²) in [5.74, 6) is -1.65. The summed E-state index contributed by atoms with van der Waals surface area (Å²) in [6.45, 7) is 0.240. The number of aromatic carboxylic acids is 1. The summed E-state index contributed by atoms with van der Waals surface area (Å²) in [5.41, 5.74) is 3.11. The summed E-state index contributed by atoms with van der Waals surface area (Å²) in [6.07, 6.45) is 0.616. The molecule has 0 bridgehead atoms. The van der Waals surface area contributed by atoms with Gasteiger partial charge in [-0.25, -0.2) is 14.5 Å². The molecule has 0 heterocycles. The number of aromatic hydroxyl groups is 1. The molecule has 0 aliphatic rings. The lowest BCUT2D eigenvalue weighted by Gasteiger charge is -2.10. The van der Waals surface area contributed by atoms with Gasteiger partial charge in [-0.3, -0.25) is 5.26 Å². The van der Waals surface area contributed by atoms with Crippen molar-refractivity contribution in [3.63, 3.8) is 0 Å². The molecule has 0 saturated carbocycles. The Morgan fingerprint density at radius 3 is 1.92 bits per heavy atom. The zero-order valence-electron chi connectivity index (χ0n) is 20.1. The molecule has 0 fully saturated rings. The Morgan fingerprint density at radius 1 is 0.711 bits per heavy atom. The first-order valence-corrected chi connectivity index (χ1v) is 11.5. The van der Waals surface area contributed by atoms with E-state index in [9.17, 15) is 19.8 Å². The van der Waals surface area contributed by atoms with E-state index in [4.69, 9.17) is 19.8 Å². The van der Waals surface area contributed by atoms with Crippen LogP contribution in [0.3, 0.4) is 0 Å². The number of carboxylic acid groups (broad SMARTS) is 1. The minimum absolute atomic E-state index is 0.0573. The number of rotatable bonds is 11. The van der Waals surface area contributed by atoms with Gasteiger partial charge in [0.05, 0.1) is 11.1 Å². The molecule has 9 heteroatoms. The molecule has 3 N–H and O–H groups in total. The van der Waals surface area contributed by atoms with Crippen molar-refractivity contribution in [3.05, 3.63) is 124 Å². The third kappa shape index (κ3) is 6.95. The fourth-order valence-corrected chi connectivity index (χ4v) is 3.69. The maximum atomic E-state index is 12.5. The highest BCUT2D eigenvalue weighted by atomic mass is 17.2. The highest BCUT2D eigenvalue weighted by Crippen LogP contribution is 2.22. The van der Waals surface area contributed by atoms with Gasteiger partial charge in [-0.2, -0.15) is 4.89 Å². The van der Waals surface area contributed by atoms with E-state index >= 15 is 0 Å². The fourth-order valence-electron chi connectivity index (χ4n) is 3.69. The first-order valence-electron chi connectivity index (χ1n) is 11.5. The number of benzene rings is 4. The highest BCUT2D eigenvalue weighted by molar-refractivity contribution is 6.03. The number of phenols is 1. The van der Waals surface area contributed by atoms with Gasteiger partial charge < -0.3 is 19.8 Å². The van der Waals surface area contributed by atoms with Crippen molar-refractivity contribution < 1.29 is 44.5 Å². The van der Waals surface area contributed by atoms with Gasteiger partial charge in [0.15, 0.2) is 5.75 Å².